The highest BCUT2D eigenvalue weighted by atomic mass is 16.3. The van der Waals surface area contributed by atoms with Gasteiger partial charge in [-0.25, -0.2) is 0 Å². The fourth-order valence-electron chi connectivity index (χ4n) is 2.94. The first-order valence-electron chi connectivity index (χ1n) is 8.09. The van der Waals surface area contributed by atoms with Crippen molar-refractivity contribution in [3.8, 4) is 16.9 Å². The lowest BCUT2D eigenvalue weighted by Gasteiger charge is -2.12. The molecule has 4 aromatic rings. The van der Waals surface area contributed by atoms with Gasteiger partial charge in [-0.1, -0.05) is 5.18 Å². The molecule has 0 fully saturated rings. The van der Waals surface area contributed by atoms with Crippen LogP contribution in [0.1, 0.15) is 5.69 Å². The number of nitrogens with one attached hydrogen (secondary N) is 2. The highest BCUT2D eigenvalue weighted by Crippen LogP contribution is 2.38. The van der Waals surface area contributed by atoms with Crippen LogP contribution in [0.15, 0.2) is 54.1 Å². The molecule has 134 valence electrons. The van der Waals surface area contributed by atoms with Crippen molar-refractivity contribution in [2.24, 2.45) is 5.18 Å². The Morgan fingerprint density at radius 3 is 2.74 bits per heavy atom. The van der Waals surface area contributed by atoms with E-state index >= 15 is 0 Å². The lowest BCUT2D eigenvalue weighted by molar-refractivity contribution is 0.475. The molecule has 0 aliphatic rings. The van der Waals surface area contributed by atoms with Gasteiger partial charge in [0.25, 0.3) is 0 Å². The fourth-order valence-corrected chi connectivity index (χ4v) is 2.94. The molecule has 0 bridgehead atoms. The first kappa shape index (κ1) is 16.5. The Morgan fingerprint density at radius 1 is 1.19 bits per heavy atom. The minimum absolute atomic E-state index is 0.135. The molecule has 5 N–H and O–H groups in total. The number of aromatic hydroxyl groups is 1. The Kier molecular flexibility index (Phi) is 4.09. The number of aromatic amines is 1. The quantitative estimate of drug-likeness (QED) is 0.315. The highest BCUT2D eigenvalue weighted by molar-refractivity contribution is 6.05. The summed E-state index contributed by atoms with van der Waals surface area (Å²) in [5.74, 6) is 0.176. The van der Waals surface area contributed by atoms with Crippen LogP contribution in [-0.4, -0.2) is 25.3 Å². The van der Waals surface area contributed by atoms with Crippen LogP contribution in [0.25, 0.3) is 22.2 Å². The third-order valence-corrected chi connectivity index (χ3v) is 4.15. The summed E-state index contributed by atoms with van der Waals surface area (Å²) in [7, 11) is 0. The van der Waals surface area contributed by atoms with Crippen molar-refractivity contribution in [1.82, 2.24) is 20.2 Å². The number of phenols is 1. The number of nitrogen functional groups attached to an aromatic ring is 1. The first-order chi connectivity index (χ1) is 13.2. The number of H-pyrrole nitrogens is 1. The van der Waals surface area contributed by atoms with Gasteiger partial charge >= 0.3 is 0 Å². The molecule has 0 radical (unpaired) electrons. The van der Waals surface area contributed by atoms with Crippen LogP contribution in [-0.2, 0) is 6.54 Å². The van der Waals surface area contributed by atoms with Crippen molar-refractivity contribution < 1.29 is 5.11 Å². The number of nitrogens with two attached hydrogens (primary N) is 1. The Balaban J connectivity index is 1.94. The van der Waals surface area contributed by atoms with E-state index in [9.17, 15) is 10.0 Å². The average molecular weight is 361 g/mol. The van der Waals surface area contributed by atoms with Crippen molar-refractivity contribution in [3.63, 3.8) is 0 Å². The van der Waals surface area contributed by atoms with Crippen LogP contribution in [0.4, 0.5) is 17.1 Å². The number of nitroso groups, excluding NO2 is 1. The van der Waals surface area contributed by atoms with E-state index < -0.39 is 0 Å². The molecule has 3 heterocycles. The number of nitrogens with zero attached hydrogens (tertiary/aromatic N) is 4. The molecule has 1 aromatic carbocycles. The zero-order chi connectivity index (χ0) is 18.8. The number of anilines is 3. The lowest BCUT2D eigenvalue weighted by Crippen LogP contribution is -2.01. The van der Waals surface area contributed by atoms with E-state index in [0.717, 1.165) is 16.8 Å². The number of hydrogen-bond acceptors (Lipinski definition) is 8. The van der Waals surface area contributed by atoms with Gasteiger partial charge in [-0.3, -0.25) is 4.98 Å². The standard InChI is InChI=1S/C18H15N7O2/c19-13-7-20-6-5-12(13)16-15(9-22-27)24-25-18-17(16)14(8-21-18)23-10-1-3-11(26)4-2-10/h1-8,23,26H,9,19H2,(H,21,25). The minimum Gasteiger partial charge on any atom is -0.508 e. The summed E-state index contributed by atoms with van der Waals surface area (Å²) in [5.41, 5.74) is 10.4. The largest absolute Gasteiger partial charge is 0.508 e. The number of aromatic nitrogens is 4. The van der Waals surface area contributed by atoms with Gasteiger partial charge in [-0.05, 0) is 30.3 Å². The second-order valence-electron chi connectivity index (χ2n) is 5.87. The maximum Gasteiger partial charge on any atom is 0.162 e. The SMILES string of the molecule is Nc1cnccc1-c1c(CN=O)nnc2[nH]cc(Nc3ccc(O)cc3)c12. The molecule has 0 aliphatic heterocycles. The number of hydrogen-bond donors (Lipinski definition) is 4. The summed E-state index contributed by atoms with van der Waals surface area (Å²) >= 11 is 0. The number of phenolic OH excluding ortho intramolecular Hbond substituents is 1. The molecular formula is C18H15N7O2. The van der Waals surface area contributed by atoms with Gasteiger partial charge in [0.15, 0.2) is 5.65 Å². The summed E-state index contributed by atoms with van der Waals surface area (Å²) in [5, 5.41) is 24.7. The van der Waals surface area contributed by atoms with E-state index in [4.69, 9.17) is 5.73 Å². The molecule has 9 nitrogen and oxygen atoms in total. The van der Waals surface area contributed by atoms with E-state index in [2.05, 4.69) is 30.7 Å². The van der Waals surface area contributed by atoms with Gasteiger partial charge in [0.1, 0.15) is 12.3 Å². The van der Waals surface area contributed by atoms with E-state index in [1.807, 2.05) is 0 Å². The van der Waals surface area contributed by atoms with Crippen molar-refractivity contribution in [2.75, 3.05) is 11.1 Å². The number of pyridine rings is 1. The van der Waals surface area contributed by atoms with Crippen LogP contribution in [0.5, 0.6) is 5.75 Å². The molecule has 9 heteroatoms. The maximum absolute atomic E-state index is 10.9. The second kappa shape index (κ2) is 6.71. The summed E-state index contributed by atoms with van der Waals surface area (Å²) in [6.07, 6.45) is 4.92. The van der Waals surface area contributed by atoms with Gasteiger partial charge in [-0.2, -0.15) is 10.0 Å². The molecule has 4 rings (SSSR count). The van der Waals surface area contributed by atoms with E-state index in [1.54, 1.807) is 48.9 Å². The molecule has 0 saturated carbocycles. The maximum atomic E-state index is 10.9. The Morgan fingerprint density at radius 2 is 2.00 bits per heavy atom. The first-order valence-corrected chi connectivity index (χ1v) is 8.09. The lowest BCUT2D eigenvalue weighted by atomic mass is 10.00. The van der Waals surface area contributed by atoms with E-state index in [-0.39, 0.29) is 12.3 Å². The van der Waals surface area contributed by atoms with Crippen molar-refractivity contribution in [3.05, 3.63) is 59.5 Å². The summed E-state index contributed by atoms with van der Waals surface area (Å²) in [6, 6.07) is 8.42. The number of fused-ring (bicyclic) bond motifs is 1. The Hall–Kier alpha value is -4.01. The topological polar surface area (TPSA) is 142 Å². The Labute approximate surface area is 153 Å². The fraction of sp³-hybridized carbons (Fsp3) is 0.0556. The summed E-state index contributed by atoms with van der Waals surface area (Å²) in [4.78, 5) is 18.0. The van der Waals surface area contributed by atoms with Crippen LogP contribution in [0.3, 0.4) is 0 Å². The molecule has 0 aliphatic carbocycles. The molecular weight excluding hydrogens is 346 g/mol. The smallest absolute Gasteiger partial charge is 0.162 e. The molecule has 0 saturated heterocycles. The van der Waals surface area contributed by atoms with E-state index in [0.29, 0.717) is 28.2 Å². The normalized spacial score (nSPS) is 10.8. The van der Waals surface area contributed by atoms with Gasteiger partial charge in [0, 0.05) is 29.2 Å². The third-order valence-electron chi connectivity index (χ3n) is 4.15. The molecule has 0 amide bonds. The number of benzene rings is 1. The van der Waals surface area contributed by atoms with Crippen molar-refractivity contribution in [1.29, 1.82) is 0 Å². The van der Waals surface area contributed by atoms with Crippen LogP contribution in [0.2, 0.25) is 0 Å². The van der Waals surface area contributed by atoms with Crippen molar-refractivity contribution in [2.45, 2.75) is 6.54 Å². The van der Waals surface area contributed by atoms with Gasteiger partial charge in [0.05, 0.1) is 28.7 Å². The second-order valence-corrected chi connectivity index (χ2v) is 5.87. The van der Waals surface area contributed by atoms with Gasteiger partial charge < -0.3 is 21.1 Å². The number of rotatable bonds is 5. The molecule has 0 spiro atoms. The molecule has 0 unspecified atom stereocenters. The van der Waals surface area contributed by atoms with Gasteiger partial charge in [0.2, 0.25) is 0 Å². The molecule has 0 atom stereocenters. The van der Waals surface area contributed by atoms with E-state index in [1.165, 1.54) is 0 Å². The highest BCUT2D eigenvalue weighted by Gasteiger charge is 2.19. The predicted molar refractivity (Wildman–Crippen MR) is 102 cm³/mol. The monoisotopic (exact) mass is 361 g/mol. The molecule has 27 heavy (non-hydrogen) atoms. The molecule has 3 aromatic heterocycles. The zero-order valence-corrected chi connectivity index (χ0v) is 14.0. The van der Waals surface area contributed by atoms with Gasteiger partial charge in [-0.15, -0.1) is 5.10 Å². The third kappa shape index (κ3) is 3.01. The Bertz CT molecular complexity index is 1120. The van der Waals surface area contributed by atoms with Crippen molar-refractivity contribution >= 4 is 28.1 Å². The zero-order valence-electron chi connectivity index (χ0n) is 14.0. The average Bonchev–Trinajstić information content (AvgIpc) is 3.07. The summed E-state index contributed by atoms with van der Waals surface area (Å²) in [6.45, 7) is -0.135. The summed E-state index contributed by atoms with van der Waals surface area (Å²) < 4.78 is 0. The van der Waals surface area contributed by atoms with Crippen LogP contribution >= 0.6 is 0 Å². The predicted octanol–water partition coefficient (Wildman–Crippen LogP) is 3.32. The minimum atomic E-state index is -0.135. The van der Waals surface area contributed by atoms with Crippen LogP contribution in [0, 0.1) is 4.91 Å². The van der Waals surface area contributed by atoms with Crippen LogP contribution < -0.4 is 11.1 Å².